The Morgan fingerprint density at radius 2 is 2.00 bits per heavy atom. The predicted octanol–water partition coefficient (Wildman–Crippen LogP) is 0.896. The number of carbonyl (C=O) groups is 1. The van der Waals surface area contributed by atoms with Crippen LogP contribution in [-0.2, 0) is 7.05 Å². The number of hydrogen-bond donors (Lipinski definition) is 0. The maximum absolute atomic E-state index is 11.4. The number of rotatable bonds is 1. The fourth-order valence-electron chi connectivity index (χ4n) is 0.996. The van der Waals surface area contributed by atoms with E-state index in [2.05, 4.69) is 0 Å². The van der Waals surface area contributed by atoms with E-state index < -0.39 is 0 Å². The summed E-state index contributed by atoms with van der Waals surface area (Å²) in [6.45, 7) is 3.22. The second-order valence-electron chi connectivity index (χ2n) is 2.81. The van der Waals surface area contributed by atoms with E-state index in [1.54, 1.807) is 19.2 Å². The number of Topliss-reactive ketones (excluding diaryl/α,β-unsaturated/α-hetero) is 1. The summed E-state index contributed by atoms with van der Waals surface area (Å²) in [7, 11) is 1.66. The first-order chi connectivity index (χ1) is 5.54. The van der Waals surface area contributed by atoms with Crippen LogP contribution in [0.15, 0.2) is 16.9 Å². The van der Waals surface area contributed by atoms with E-state index in [1.807, 2.05) is 6.92 Å². The van der Waals surface area contributed by atoms with Gasteiger partial charge in [-0.2, -0.15) is 0 Å². The summed E-state index contributed by atoms with van der Waals surface area (Å²) in [4.78, 5) is 22.3. The van der Waals surface area contributed by atoms with Crippen molar-refractivity contribution in [2.75, 3.05) is 0 Å². The lowest BCUT2D eigenvalue weighted by Gasteiger charge is -2.03. The molecule has 0 aliphatic rings. The molecule has 1 heterocycles. The van der Waals surface area contributed by atoms with Crippen LogP contribution in [0.25, 0.3) is 0 Å². The minimum atomic E-state index is -0.220. The minimum Gasteiger partial charge on any atom is -0.315 e. The fraction of sp³-hybridized carbons (Fsp3) is 0.333. The third kappa shape index (κ3) is 1.30. The SMILES string of the molecule is CC(=O)c1ccc(C)n(C)c1=O. The average Bonchev–Trinajstić information content (AvgIpc) is 2.00. The van der Waals surface area contributed by atoms with Crippen molar-refractivity contribution in [3.05, 3.63) is 33.7 Å². The molecule has 0 amide bonds. The van der Waals surface area contributed by atoms with Crippen LogP contribution >= 0.6 is 0 Å². The van der Waals surface area contributed by atoms with Crippen LogP contribution in [-0.4, -0.2) is 10.4 Å². The van der Waals surface area contributed by atoms with Gasteiger partial charge in [-0.05, 0) is 26.0 Å². The van der Waals surface area contributed by atoms with E-state index in [0.29, 0.717) is 0 Å². The molecule has 0 aliphatic carbocycles. The third-order valence-electron chi connectivity index (χ3n) is 1.93. The molecule has 0 atom stereocenters. The molecule has 0 bridgehead atoms. The van der Waals surface area contributed by atoms with E-state index in [0.717, 1.165) is 5.69 Å². The van der Waals surface area contributed by atoms with Gasteiger partial charge < -0.3 is 4.57 Å². The van der Waals surface area contributed by atoms with Gasteiger partial charge >= 0.3 is 0 Å². The van der Waals surface area contributed by atoms with E-state index in [9.17, 15) is 9.59 Å². The highest BCUT2D eigenvalue weighted by Gasteiger charge is 2.06. The van der Waals surface area contributed by atoms with E-state index >= 15 is 0 Å². The molecule has 0 fully saturated rings. The summed E-state index contributed by atoms with van der Waals surface area (Å²) in [5.41, 5.74) is 0.885. The molecular formula is C9H11NO2. The summed E-state index contributed by atoms with van der Waals surface area (Å²) in [6, 6.07) is 3.33. The van der Waals surface area contributed by atoms with Crippen molar-refractivity contribution in [1.82, 2.24) is 4.57 Å². The van der Waals surface area contributed by atoms with Crippen LogP contribution < -0.4 is 5.56 Å². The van der Waals surface area contributed by atoms with Crippen molar-refractivity contribution < 1.29 is 4.79 Å². The second-order valence-corrected chi connectivity index (χ2v) is 2.81. The van der Waals surface area contributed by atoms with E-state index in [-0.39, 0.29) is 16.9 Å². The van der Waals surface area contributed by atoms with E-state index in [4.69, 9.17) is 0 Å². The molecule has 0 aliphatic heterocycles. The number of aryl methyl sites for hydroxylation is 1. The van der Waals surface area contributed by atoms with Gasteiger partial charge in [-0.1, -0.05) is 0 Å². The molecule has 1 rings (SSSR count). The molecule has 0 radical (unpaired) electrons. The lowest BCUT2D eigenvalue weighted by molar-refractivity contribution is 0.101. The monoisotopic (exact) mass is 165 g/mol. The zero-order chi connectivity index (χ0) is 9.30. The minimum absolute atomic E-state index is 0.185. The first-order valence-electron chi connectivity index (χ1n) is 3.71. The van der Waals surface area contributed by atoms with E-state index in [1.165, 1.54) is 11.5 Å². The zero-order valence-electron chi connectivity index (χ0n) is 7.42. The van der Waals surface area contributed by atoms with Crippen molar-refractivity contribution in [1.29, 1.82) is 0 Å². The summed E-state index contributed by atoms with van der Waals surface area (Å²) < 4.78 is 1.47. The quantitative estimate of drug-likeness (QED) is 0.580. The zero-order valence-corrected chi connectivity index (χ0v) is 7.42. The molecule has 0 unspecified atom stereocenters. The van der Waals surface area contributed by atoms with Gasteiger partial charge in [-0.15, -0.1) is 0 Å². The Kier molecular flexibility index (Phi) is 2.13. The summed E-state index contributed by atoms with van der Waals surface area (Å²) in [5, 5.41) is 0. The maximum Gasteiger partial charge on any atom is 0.261 e. The molecule has 0 saturated heterocycles. The number of hydrogen-bond acceptors (Lipinski definition) is 2. The third-order valence-corrected chi connectivity index (χ3v) is 1.93. The number of nitrogens with zero attached hydrogens (tertiary/aromatic N) is 1. The highest BCUT2D eigenvalue weighted by molar-refractivity contribution is 5.93. The topological polar surface area (TPSA) is 39.1 Å². The Labute approximate surface area is 70.6 Å². The fourth-order valence-corrected chi connectivity index (χ4v) is 0.996. The Hall–Kier alpha value is -1.38. The largest absolute Gasteiger partial charge is 0.315 e. The molecule has 0 saturated carbocycles. The highest BCUT2D eigenvalue weighted by atomic mass is 16.1. The Morgan fingerprint density at radius 3 is 2.50 bits per heavy atom. The first kappa shape index (κ1) is 8.71. The van der Waals surface area contributed by atoms with Crippen molar-refractivity contribution in [2.45, 2.75) is 13.8 Å². The molecule has 3 nitrogen and oxygen atoms in total. The van der Waals surface area contributed by atoms with Gasteiger partial charge in [-0.3, -0.25) is 9.59 Å². The standard InChI is InChI=1S/C9H11NO2/c1-6-4-5-8(7(2)11)9(12)10(6)3/h4-5H,1-3H3. The van der Waals surface area contributed by atoms with Crippen LogP contribution in [0.3, 0.4) is 0 Å². The van der Waals surface area contributed by atoms with Gasteiger partial charge in [0, 0.05) is 12.7 Å². The van der Waals surface area contributed by atoms with Crippen LogP contribution in [0.2, 0.25) is 0 Å². The lowest BCUT2D eigenvalue weighted by Crippen LogP contribution is -2.24. The van der Waals surface area contributed by atoms with Crippen molar-refractivity contribution in [3.63, 3.8) is 0 Å². The molecule has 1 aromatic heterocycles. The molecule has 3 heteroatoms. The first-order valence-corrected chi connectivity index (χ1v) is 3.71. The van der Waals surface area contributed by atoms with Crippen molar-refractivity contribution >= 4 is 5.78 Å². The van der Waals surface area contributed by atoms with Crippen molar-refractivity contribution in [3.8, 4) is 0 Å². The normalized spacial score (nSPS) is 9.92. The molecular weight excluding hydrogens is 154 g/mol. The lowest BCUT2D eigenvalue weighted by atomic mass is 10.2. The van der Waals surface area contributed by atoms with Gasteiger partial charge in [0.25, 0.3) is 5.56 Å². The maximum atomic E-state index is 11.4. The number of pyridine rings is 1. The molecule has 0 spiro atoms. The van der Waals surface area contributed by atoms with Gasteiger partial charge in [0.1, 0.15) is 0 Å². The molecule has 1 aromatic rings. The molecule has 12 heavy (non-hydrogen) atoms. The summed E-state index contributed by atoms with van der Waals surface area (Å²) in [6.07, 6.45) is 0. The van der Waals surface area contributed by atoms with Crippen LogP contribution in [0.1, 0.15) is 23.0 Å². The average molecular weight is 165 g/mol. The van der Waals surface area contributed by atoms with Gasteiger partial charge in [0.2, 0.25) is 0 Å². The van der Waals surface area contributed by atoms with Gasteiger partial charge in [-0.25, -0.2) is 0 Å². The summed E-state index contributed by atoms with van der Waals surface area (Å²) in [5.74, 6) is -0.185. The molecule has 64 valence electrons. The number of aromatic nitrogens is 1. The van der Waals surface area contributed by atoms with Crippen LogP contribution in [0.5, 0.6) is 0 Å². The predicted molar refractivity (Wildman–Crippen MR) is 46.4 cm³/mol. The number of carbonyl (C=O) groups excluding carboxylic acids is 1. The Balaban J connectivity index is 3.47. The Bertz CT molecular complexity index is 377. The summed E-state index contributed by atoms with van der Waals surface area (Å²) >= 11 is 0. The van der Waals surface area contributed by atoms with Crippen molar-refractivity contribution in [2.24, 2.45) is 7.05 Å². The Morgan fingerprint density at radius 1 is 1.42 bits per heavy atom. The van der Waals surface area contributed by atoms with Gasteiger partial charge in [0.05, 0.1) is 5.56 Å². The highest BCUT2D eigenvalue weighted by Crippen LogP contribution is 1.96. The molecule has 0 aromatic carbocycles. The second kappa shape index (κ2) is 2.93. The smallest absolute Gasteiger partial charge is 0.261 e. The van der Waals surface area contributed by atoms with Crippen LogP contribution in [0.4, 0.5) is 0 Å². The van der Waals surface area contributed by atoms with Crippen LogP contribution in [0, 0.1) is 6.92 Å². The van der Waals surface area contributed by atoms with Gasteiger partial charge in [0.15, 0.2) is 5.78 Å². The number of ketones is 1. The molecule has 0 N–H and O–H groups in total.